The minimum atomic E-state index is 0.270. The Hall–Kier alpha value is -0.770. The zero-order valence-electron chi connectivity index (χ0n) is 7.51. The molecule has 0 aromatic rings. The van der Waals surface area contributed by atoms with Gasteiger partial charge in [0.05, 0.1) is 6.54 Å². The average Bonchev–Trinajstić information content (AvgIpc) is 2.53. The van der Waals surface area contributed by atoms with E-state index >= 15 is 0 Å². The number of nitrogens with zero attached hydrogens (tertiary/aromatic N) is 1. The SMILES string of the molecule is CC(CCCO)NC1=NCCN1. The molecule has 12 heavy (non-hydrogen) atoms. The van der Waals surface area contributed by atoms with E-state index in [1.54, 1.807) is 0 Å². The third kappa shape index (κ3) is 3.09. The molecule has 0 aromatic heterocycles. The summed E-state index contributed by atoms with van der Waals surface area (Å²) < 4.78 is 0. The van der Waals surface area contributed by atoms with Crippen LogP contribution < -0.4 is 10.6 Å². The quantitative estimate of drug-likeness (QED) is 0.544. The Bertz CT molecular complexity index is 158. The van der Waals surface area contributed by atoms with Crippen molar-refractivity contribution in [2.45, 2.75) is 25.8 Å². The molecule has 3 N–H and O–H groups in total. The predicted molar refractivity (Wildman–Crippen MR) is 49.2 cm³/mol. The number of nitrogens with one attached hydrogen (secondary N) is 2. The maximum atomic E-state index is 8.60. The summed E-state index contributed by atoms with van der Waals surface area (Å²) in [6.07, 6.45) is 1.83. The lowest BCUT2D eigenvalue weighted by Crippen LogP contribution is -2.39. The van der Waals surface area contributed by atoms with Gasteiger partial charge >= 0.3 is 0 Å². The van der Waals surface area contributed by atoms with E-state index in [1.165, 1.54) is 0 Å². The van der Waals surface area contributed by atoms with Gasteiger partial charge in [-0.2, -0.15) is 0 Å². The van der Waals surface area contributed by atoms with Gasteiger partial charge in [-0.1, -0.05) is 0 Å². The lowest BCUT2D eigenvalue weighted by atomic mass is 10.2. The highest BCUT2D eigenvalue weighted by atomic mass is 16.2. The summed E-state index contributed by atoms with van der Waals surface area (Å²) in [6, 6.07) is 0.390. The van der Waals surface area contributed by atoms with Crippen molar-refractivity contribution in [3.05, 3.63) is 0 Å². The molecule has 1 unspecified atom stereocenters. The predicted octanol–water partition coefficient (Wildman–Crippen LogP) is -0.304. The number of hydrogen-bond acceptors (Lipinski definition) is 4. The highest BCUT2D eigenvalue weighted by Gasteiger charge is 2.07. The number of aliphatic hydroxyl groups is 1. The van der Waals surface area contributed by atoms with Gasteiger partial charge in [0.1, 0.15) is 0 Å². The zero-order valence-corrected chi connectivity index (χ0v) is 7.51. The Balaban J connectivity index is 2.12. The van der Waals surface area contributed by atoms with Gasteiger partial charge < -0.3 is 15.7 Å². The van der Waals surface area contributed by atoms with Gasteiger partial charge in [0.25, 0.3) is 0 Å². The molecule has 1 aliphatic heterocycles. The zero-order chi connectivity index (χ0) is 8.81. The molecule has 4 nitrogen and oxygen atoms in total. The first-order valence-corrected chi connectivity index (χ1v) is 4.48. The van der Waals surface area contributed by atoms with Crippen LogP contribution in [0.3, 0.4) is 0 Å². The van der Waals surface area contributed by atoms with Gasteiger partial charge in [-0.15, -0.1) is 0 Å². The van der Waals surface area contributed by atoms with Crippen molar-refractivity contribution in [2.24, 2.45) is 4.99 Å². The lowest BCUT2D eigenvalue weighted by Gasteiger charge is -2.13. The van der Waals surface area contributed by atoms with E-state index in [0.717, 1.165) is 31.9 Å². The number of hydrogen-bond donors (Lipinski definition) is 3. The fraction of sp³-hybridized carbons (Fsp3) is 0.875. The molecular formula is C8H17N3O. The van der Waals surface area contributed by atoms with Crippen LogP contribution in [0.15, 0.2) is 4.99 Å². The third-order valence-corrected chi connectivity index (χ3v) is 1.85. The summed E-state index contributed by atoms with van der Waals surface area (Å²) in [7, 11) is 0. The van der Waals surface area contributed by atoms with Crippen LogP contribution in [0.2, 0.25) is 0 Å². The maximum absolute atomic E-state index is 8.60. The van der Waals surface area contributed by atoms with E-state index in [2.05, 4.69) is 22.5 Å². The topological polar surface area (TPSA) is 56.6 Å². The minimum absolute atomic E-state index is 0.270. The summed E-state index contributed by atoms with van der Waals surface area (Å²) in [5.74, 6) is 0.903. The Kier molecular flexibility index (Phi) is 3.87. The largest absolute Gasteiger partial charge is 0.396 e. The molecule has 0 aromatic carbocycles. The molecular weight excluding hydrogens is 154 g/mol. The second-order valence-electron chi connectivity index (χ2n) is 3.07. The maximum Gasteiger partial charge on any atom is 0.191 e. The first-order chi connectivity index (χ1) is 5.83. The molecule has 0 bridgehead atoms. The third-order valence-electron chi connectivity index (χ3n) is 1.85. The van der Waals surface area contributed by atoms with Gasteiger partial charge in [-0.3, -0.25) is 4.99 Å². The second-order valence-corrected chi connectivity index (χ2v) is 3.07. The van der Waals surface area contributed by atoms with Crippen LogP contribution in [0.25, 0.3) is 0 Å². The Morgan fingerprint density at radius 3 is 3.17 bits per heavy atom. The number of guanidine groups is 1. The van der Waals surface area contributed by atoms with E-state index in [-0.39, 0.29) is 6.61 Å². The molecule has 1 aliphatic rings. The van der Waals surface area contributed by atoms with Gasteiger partial charge in [0.2, 0.25) is 0 Å². The van der Waals surface area contributed by atoms with Gasteiger partial charge in [-0.05, 0) is 19.8 Å². The van der Waals surface area contributed by atoms with Crippen LogP contribution in [0.4, 0.5) is 0 Å². The van der Waals surface area contributed by atoms with E-state index in [4.69, 9.17) is 5.11 Å². The van der Waals surface area contributed by atoms with E-state index in [9.17, 15) is 0 Å². The Morgan fingerprint density at radius 1 is 1.75 bits per heavy atom. The molecule has 0 radical (unpaired) electrons. The number of rotatable bonds is 4. The molecule has 0 saturated carbocycles. The van der Waals surface area contributed by atoms with Crippen molar-refractivity contribution in [3.63, 3.8) is 0 Å². The van der Waals surface area contributed by atoms with Crippen molar-refractivity contribution in [1.82, 2.24) is 10.6 Å². The van der Waals surface area contributed by atoms with Crippen LogP contribution in [0.5, 0.6) is 0 Å². The molecule has 0 spiro atoms. The van der Waals surface area contributed by atoms with E-state index < -0.39 is 0 Å². The van der Waals surface area contributed by atoms with E-state index in [0.29, 0.717) is 6.04 Å². The normalized spacial score (nSPS) is 18.3. The number of aliphatic imine (C=N–C) groups is 1. The molecule has 0 aliphatic carbocycles. The van der Waals surface area contributed by atoms with Crippen molar-refractivity contribution in [1.29, 1.82) is 0 Å². The van der Waals surface area contributed by atoms with Crippen LogP contribution in [-0.4, -0.2) is 36.8 Å². The monoisotopic (exact) mass is 171 g/mol. The molecule has 1 atom stereocenters. The van der Waals surface area contributed by atoms with Gasteiger partial charge in [-0.25, -0.2) is 0 Å². The molecule has 1 rings (SSSR count). The number of aliphatic hydroxyl groups excluding tert-OH is 1. The Morgan fingerprint density at radius 2 is 2.58 bits per heavy atom. The Labute approximate surface area is 73.1 Å². The van der Waals surface area contributed by atoms with Crippen molar-refractivity contribution in [3.8, 4) is 0 Å². The standard InChI is InChI=1S/C8H17N3O/c1-7(3-2-6-12)11-8-9-4-5-10-8/h7,12H,2-6H2,1H3,(H2,9,10,11). The van der Waals surface area contributed by atoms with Crippen molar-refractivity contribution < 1.29 is 5.11 Å². The second kappa shape index (κ2) is 4.98. The van der Waals surface area contributed by atoms with E-state index in [1.807, 2.05) is 0 Å². The molecule has 0 fully saturated rings. The first-order valence-electron chi connectivity index (χ1n) is 4.48. The summed E-state index contributed by atoms with van der Waals surface area (Å²) in [5, 5.41) is 15.0. The molecule has 1 heterocycles. The molecule has 4 heteroatoms. The van der Waals surface area contributed by atoms with Gasteiger partial charge in [0, 0.05) is 19.2 Å². The van der Waals surface area contributed by atoms with Crippen LogP contribution in [0, 0.1) is 0 Å². The van der Waals surface area contributed by atoms with Crippen LogP contribution in [-0.2, 0) is 0 Å². The first kappa shape index (κ1) is 9.32. The van der Waals surface area contributed by atoms with Gasteiger partial charge in [0.15, 0.2) is 5.96 Å². The molecule has 0 saturated heterocycles. The highest BCUT2D eigenvalue weighted by molar-refractivity contribution is 5.81. The summed E-state index contributed by atoms with van der Waals surface area (Å²) in [4.78, 5) is 4.22. The smallest absolute Gasteiger partial charge is 0.191 e. The van der Waals surface area contributed by atoms with Crippen molar-refractivity contribution in [2.75, 3.05) is 19.7 Å². The fourth-order valence-electron chi connectivity index (χ4n) is 1.20. The molecule has 0 amide bonds. The van der Waals surface area contributed by atoms with Crippen LogP contribution >= 0.6 is 0 Å². The minimum Gasteiger partial charge on any atom is -0.396 e. The van der Waals surface area contributed by atoms with Crippen molar-refractivity contribution >= 4 is 5.96 Å². The fourth-order valence-corrected chi connectivity index (χ4v) is 1.20. The highest BCUT2D eigenvalue weighted by Crippen LogP contribution is 1.95. The summed E-state index contributed by atoms with van der Waals surface area (Å²) in [5.41, 5.74) is 0. The summed E-state index contributed by atoms with van der Waals surface area (Å²) >= 11 is 0. The molecule has 70 valence electrons. The summed E-state index contributed by atoms with van der Waals surface area (Å²) in [6.45, 7) is 4.17. The average molecular weight is 171 g/mol. The lowest BCUT2D eigenvalue weighted by molar-refractivity contribution is 0.279. The van der Waals surface area contributed by atoms with Crippen LogP contribution in [0.1, 0.15) is 19.8 Å².